The highest BCUT2D eigenvalue weighted by atomic mass is 16.5. The van der Waals surface area contributed by atoms with Crippen molar-refractivity contribution in [3.8, 4) is 5.75 Å². The molecule has 6 heteroatoms. The van der Waals surface area contributed by atoms with Crippen LogP contribution in [0.4, 0.5) is 0 Å². The number of nitrogens with zero attached hydrogens (tertiary/aromatic N) is 1. The molecule has 6 nitrogen and oxygen atoms in total. The van der Waals surface area contributed by atoms with Gasteiger partial charge in [-0.2, -0.15) is 0 Å². The molecule has 0 spiro atoms. The normalized spacial score (nSPS) is 17.8. The first kappa shape index (κ1) is 21.6. The van der Waals surface area contributed by atoms with Crippen molar-refractivity contribution >= 4 is 28.2 Å². The predicted octanol–water partition coefficient (Wildman–Crippen LogP) is 4.31. The smallest absolute Gasteiger partial charge is 0.295 e. The Morgan fingerprint density at radius 1 is 0.969 bits per heavy atom. The van der Waals surface area contributed by atoms with Crippen molar-refractivity contribution in [3.63, 3.8) is 0 Å². The summed E-state index contributed by atoms with van der Waals surface area (Å²) < 4.78 is 10.3. The van der Waals surface area contributed by atoms with Crippen LogP contribution in [0, 0.1) is 0 Å². The minimum absolute atomic E-state index is 0.0916. The SMILES string of the molecule is COCCCN1C(=O)C(=O)/C(=C(/O)c2ccc(OC)cc2)C1c1cccc2ccccc12. The van der Waals surface area contributed by atoms with Crippen molar-refractivity contribution in [2.45, 2.75) is 12.5 Å². The van der Waals surface area contributed by atoms with Gasteiger partial charge in [0.1, 0.15) is 11.5 Å². The molecule has 1 unspecified atom stereocenters. The molecular formula is C26H25NO5. The van der Waals surface area contributed by atoms with Crippen LogP contribution in [-0.2, 0) is 14.3 Å². The number of benzene rings is 3. The lowest BCUT2D eigenvalue weighted by Gasteiger charge is -2.26. The second-order valence-electron chi connectivity index (χ2n) is 7.64. The summed E-state index contributed by atoms with van der Waals surface area (Å²) in [6, 6.07) is 19.7. The molecule has 4 rings (SSSR count). The first-order valence-electron chi connectivity index (χ1n) is 10.5. The van der Waals surface area contributed by atoms with Crippen LogP contribution < -0.4 is 4.74 Å². The van der Waals surface area contributed by atoms with Gasteiger partial charge < -0.3 is 19.5 Å². The van der Waals surface area contributed by atoms with E-state index in [1.165, 1.54) is 4.90 Å². The van der Waals surface area contributed by atoms with Crippen LogP contribution >= 0.6 is 0 Å². The first-order valence-corrected chi connectivity index (χ1v) is 10.5. The van der Waals surface area contributed by atoms with Gasteiger partial charge in [0.15, 0.2) is 0 Å². The molecule has 1 atom stereocenters. The van der Waals surface area contributed by atoms with Gasteiger partial charge >= 0.3 is 0 Å². The number of ether oxygens (including phenoxy) is 2. The van der Waals surface area contributed by atoms with E-state index in [0.29, 0.717) is 30.9 Å². The third-order valence-corrected chi connectivity index (χ3v) is 5.77. The number of ketones is 1. The van der Waals surface area contributed by atoms with E-state index in [0.717, 1.165) is 16.3 Å². The number of fused-ring (bicyclic) bond motifs is 1. The number of aliphatic hydroxyl groups excluding tert-OH is 1. The molecule has 1 saturated heterocycles. The summed E-state index contributed by atoms with van der Waals surface area (Å²) in [5, 5.41) is 13.1. The van der Waals surface area contributed by atoms with E-state index in [1.807, 2.05) is 42.5 Å². The summed E-state index contributed by atoms with van der Waals surface area (Å²) >= 11 is 0. The van der Waals surface area contributed by atoms with E-state index in [9.17, 15) is 14.7 Å². The number of Topliss-reactive ketones (excluding diaryl/α,β-unsaturated/α-hetero) is 1. The monoisotopic (exact) mass is 431 g/mol. The quantitative estimate of drug-likeness (QED) is 0.261. The number of carbonyl (C=O) groups excluding carboxylic acids is 2. The van der Waals surface area contributed by atoms with E-state index in [-0.39, 0.29) is 11.3 Å². The fourth-order valence-corrected chi connectivity index (χ4v) is 4.21. The largest absolute Gasteiger partial charge is 0.507 e. The van der Waals surface area contributed by atoms with Gasteiger partial charge in [0.05, 0.1) is 18.7 Å². The molecular weight excluding hydrogens is 406 g/mol. The molecule has 0 aromatic heterocycles. The molecule has 0 radical (unpaired) electrons. The summed E-state index contributed by atoms with van der Waals surface area (Å²) in [5.41, 5.74) is 1.34. The summed E-state index contributed by atoms with van der Waals surface area (Å²) in [6.45, 7) is 0.801. The van der Waals surface area contributed by atoms with Gasteiger partial charge in [-0.3, -0.25) is 9.59 Å². The third kappa shape index (κ3) is 3.85. The highest BCUT2D eigenvalue weighted by molar-refractivity contribution is 6.46. The summed E-state index contributed by atoms with van der Waals surface area (Å²) in [6.07, 6.45) is 0.577. The van der Waals surface area contributed by atoms with Crippen molar-refractivity contribution < 1.29 is 24.2 Å². The number of amides is 1. The highest BCUT2D eigenvalue weighted by Gasteiger charge is 2.46. The zero-order valence-corrected chi connectivity index (χ0v) is 18.1. The molecule has 1 aliphatic heterocycles. The molecule has 1 aliphatic rings. The van der Waals surface area contributed by atoms with Crippen LogP contribution in [0.5, 0.6) is 5.75 Å². The molecule has 0 saturated carbocycles. The highest BCUT2D eigenvalue weighted by Crippen LogP contribution is 2.42. The van der Waals surface area contributed by atoms with E-state index in [4.69, 9.17) is 9.47 Å². The molecule has 164 valence electrons. The second-order valence-corrected chi connectivity index (χ2v) is 7.64. The van der Waals surface area contributed by atoms with Gasteiger partial charge in [-0.25, -0.2) is 0 Å². The Labute approximate surface area is 186 Å². The van der Waals surface area contributed by atoms with Gasteiger partial charge in [-0.05, 0) is 47.0 Å². The number of hydrogen-bond acceptors (Lipinski definition) is 5. The lowest BCUT2D eigenvalue weighted by Crippen LogP contribution is -2.31. The topological polar surface area (TPSA) is 76.1 Å². The van der Waals surface area contributed by atoms with Crippen molar-refractivity contribution in [2.24, 2.45) is 0 Å². The van der Waals surface area contributed by atoms with Gasteiger partial charge in [-0.1, -0.05) is 42.5 Å². The number of likely N-dealkylation sites (tertiary alicyclic amines) is 1. The molecule has 3 aromatic carbocycles. The van der Waals surface area contributed by atoms with Gasteiger partial charge in [0.2, 0.25) is 0 Å². The molecule has 3 aromatic rings. The Bertz CT molecular complexity index is 1180. The van der Waals surface area contributed by atoms with E-state index >= 15 is 0 Å². The number of carbonyl (C=O) groups is 2. The Kier molecular flexibility index (Phi) is 6.23. The first-order chi connectivity index (χ1) is 15.6. The predicted molar refractivity (Wildman–Crippen MR) is 122 cm³/mol. The fourth-order valence-electron chi connectivity index (χ4n) is 4.21. The Morgan fingerprint density at radius 3 is 2.41 bits per heavy atom. The van der Waals surface area contributed by atoms with Gasteiger partial charge in [-0.15, -0.1) is 0 Å². The summed E-state index contributed by atoms with van der Waals surface area (Å²) in [4.78, 5) is 27.7. The van der Waals surface area contributed by atoms with Crippen LogP contribution in [0.2, 0.25) is 0 Å². The van der Waals surface area contributed by atoms with Crippen LogP contribution in [0.1, 0.15) is 23.6 Å². The molecule has 1 amide bonds. The van der Waals surface area contributed by atoms with E-state index < -0.39 is 17.7 Å². The molecule has 1 fully saturated rings. The Hall–Kier alpha value is -3.64. The van der Waals surface area contributed by atoms with Crippen LogP contribution in [0.3, 0.4) is 0 Å². The number of hydrogen-bond donors (Lipinski definition) is 1. The average Bonchev–Trinajstić information content (AvgIpc) is 3.08. The van der Waals surface area contributed by atoms with Gasteiger partial charge in [0.25, 0.3) is 11.7 Å². The maximum absolute atomic E-state index is 13.1. The minimum atomic E-state index is -0.694. The standard InChI is InChI=1S/C26H25NO5/c1-31-16-6-15-27-23(21-10-5-8-17-7-3-4-9-20(17)21)22(25(29)26(27)30)24(28)18-11-13-19(32-2)14-12-18/h3-5,7-14,23,28H,6,15-16H2,1-2H3/b24-22+. The fraction of sp³-hybridized carbons (Fsp3) is 0.231. The maximum Gasteiger partial charge on any atom is 0.295 e. The molecule has 1 N–H and O–H groups in total. The zero-order chi connectivity index (χ0) is 22.7. The summed E-state index contributed by atoms with van der Waals surface area (Å²) in [5.74, 6) is -0.867. The molecule has 1 heterocycles. The average molecular weight is 431 g/mol. The van der Waals surface area contributed by atoms with Gasteiger partial charge in [0, 0.05) is 25.8 Å². The van der Waals surface area contributed by atoms with Crippen LogP contribution in [0.25, 0.3) is 16.5 Å². The molecule has 0 bridgehead atoms. The number of methoxy groups -OCH3 is 2. The third-order valence-electron chi connectivity index (χ3n) is 5.77. The summed E-state index contributed by atoms with van der Waals surface area (Å²) in [7, 11) is 3.15. The number of aliphatic hydroxyl groups is 1. The number of rotatable bonds is 7. The minimum Gasteiger partial charge on any atom is -0.507 e. The molecule has 0 aliphatic carbocycles. The van der Waals surface area contributed by atoms with Crippen molar-refractivity contribution in [2.75, 3.05) is 27.4 Å². The zero-order valence-electron chi connectivity index (χ0n) is 18.1. The van der Waals surface area contributed by atoms with E-state index in [2.05, 4.69) is 0 Å². The van der Waals surface area contributed by atoms with Crippen LogP contribution in [-0.4, -0.2) is 49.1 Å². The van der Waals surface area contributed by atoms with Crippen molar-refractivity contribution in [1.82, 2.24) is 4.90 Å². The Morgan fingerprint density at radius 2 is 1.69 bits per heavy atom. The van der Waals surface area contributed by atoms with E-state index in [1.54, 1.807) is 38.5 Å². The lowest BCUT2D eigenvalue weighted by molar-refractivity contribution is -0.140. The van der Waals surface area contributed by atoms with Crippen LogP contribution in [0.15, 0.2) is 72.3 Å². The lowest BCUT2D eigenvalue weighted by atomic mass is 9.91. The Balaban J connectivity index is 1.89. The van der Waals surface area contributed by atoms with Crippen molar-refractivity contribution in [3.05, 3.63) is 83.4 Å². The molecule has 32 heavy (non-hydrogen) atoms. The van der Waals surface area contributed by atoms with Crippen molar-refractivity contribution in [1.29, 1.82) is 0 Å². The second kappa shape index (κ2) is 9.24. The maximum atomic E-state index is 13.1.